The van der Waals surface area contributed by atoms with Gasteiger partial charge in [0, 0.05) is 25.6 Å². The Balaban J connectivity index is 1.96. The lowest BCUT2D eigenvalue weighted by atomic mass is 10.1. The number of para-hydroxylation sites is 1. The molecule has 1 saturated heterocycles. The highest BCUT2D eigenvalue weighted by Crippen LogP contribution is 2.27. The molecule has 1 aliphatic heterocycles. The second-order valence-electron chi connectivity index (χ2n) is 5.43. The molecule has 0 amide bonds. The van der Waals surface area contributed by atoms with Crippen LogP contribution in [0.2, 0.25) is 5.02 Å². The maximum absolute atomic E-state index is 12.0. The van der Waals surface area contributed by atoms with E-state index in [0.29, 0.717) is 18.0 Å². The summed E-state index contributed by atoms with van der Waals surface area (Å²) in [6, 6.07) is 9.45. The maximum Gasteiger partial charge on any atom is 0.211 e. The first-order valence-corrected chi connectivity index (χ1v) is 9.41. The largest absolute Gasteiger partial charge is 0.369 e. The molecule has 0 saturated carbocycles. The predicted molar refractivity (Wildman–Crippen MR) is 88.5 cm³/mol. The summed E-state index contributed by atoms with van der Waals surface area (Å²) in [4.78, 5) is 2.12. The molecule has 1 aromatic carbocycles. The number of hydrogen-bond acceptors (Lipinski definition) is 4. The zero-order chi connectivity index (χ0) is 16.0. The van der Waals surface area contributed by atoms with Crippen LogP contribution in [0.25, 0.3) is 0 Å². The molecule has 0 spiro atoms. The van der Waals surface area contributed by atoms with Gasteiger partial charge in [-0.2, -0.15) is 5.26 Å². The highest BCUT2D eigenvalue weighted by molar-refractivity contribution is 7.89. The molecule has 2 rings (SSSR count). The van der Waals surface area contributed by atoms with Crippen LogP contribution in [-0.4, -0.2) is 33.3 Å². The van der Waals surface area contributed by atoms with Gasteiger partial charge in [0.25, 0.3) is 0 Å². The fraction of sp³-hybridized carbons (Fsp3) is 0.533. The molecule has 1 atom stereocenters. The van der Waals surface area contributed by atoms with Gasteiger partial charge in [-0.3, -0.25) is 0 Å². The number of nitrogens with zero attached hydrogens (tertiary/aromatic N) is 2. The minimum atomic E-state index is -3.33. The molecule has 1 heterocycles. The van der Waals surface area contributed by atoms with Crippen LogP contribution in [0.1, 0.15) is 25.7 Å². The van der Waals surface area contributed by atoms with Crippen molar-refractivity contribution in [1.29, 1.82) is 5.26 Å². The van der Waals surface area contributed by atoms with Crippen LogP contribution >= 0.6 is 11.6 Å². The zero-order valence-electron chi connectivity index (χ0n) is 12.3. The average molecular weight is 342 g/mol. The molecule has 7 heteroatoms. The molecule has 0 bridgehead atoms. The Morgan fingerprint density at radius 1 is 1.41 bits per heavy atom. The first-order valence-electron chi connectivity index (χ1n) is 7.38. The summed E-state index contributed by atoms with van der Waals surface area (Å²) in [5.74, 6) is 0.00313. The van der Waals surface area contributed by atoms with Gasteiger partial charge in [-0.1, -0.05) is 23.7 Å². The number of nitrogens with one attached hydrogen (secondary N) is 1. The third kappa shape index (κ3) is 4.87. The van der Waals surface area contributed by atoms with Gasteiger partial charge in [-0.25, -0.2) is 13.1 Å². The second-order valence-corrected chi connectivity index (χ2v) is 7.72. The Labute approximate surface area is 136 Å². The number of rotatable bonds is 6. The van der Waals surface area contributed by atoms with Gasteiger partial charge >= 0.3 is 0 Å². The van der Waals surface area contributed by atoms with Gasteiger partial charge in [0.2, 0.25) is 10.0 Å². The first-order chi connectivity index (χ1) is 10.5. The van der Waals surface area contributed by atoms with E-state index >= 15 is 0 Å². The molecule has 120 valence electrons. The van der Waals surface area contributed by atoms with Gasteiger partial charge in [0.05, 0.1) is 22.5 Å². The predicted octanol–water partition coefficient (Wildman–Crippen LogP) is 2.53. The van der Waals surface area contributed by atoms with E-state index in [0.717, 1.165) is 25.1 Å². The van der Waals surface area contributed by atoms with Crippen LogP contribution in [-0.2, 0) is 10.0 Å². The van der Waals surface area contributed by atoms with Crippen LogP contribution in [0.15, 0.2) is 24.3 Å². The Kier molecular flexibility index (Phi) is 6.07. The van der Waals surface area contributed by atoms with E-state index in [1.165, 1.54) is 0 Å². The lowest BCUT2D eigenvalue weighted by molar-refractivity contribution is 0.465. The number of halogens is 1. The van der Waals surface area contributed by atoms with E-state index in [2.05, 4.69) is 9.62 Å². The molecule has 0 radical (unpaired) electrons. The van der Waals surface area contributed by atoms with E-state index in [9.17, 15) is 8.42 Å². The van der Waals surface area contributed by atoms with Crippen molar-refractivity contribution < 1.29 is 8.42 Å². The number of unbranched alkanes of at least 4 members (excludes halogenated alkanes) is 1. The highest BCUT2D eigenvalue weighted by Gasteiger charge is 2.25. The molecular formula is C15H20ClN3O2S. The third-order valence-electron chi connectivity index (χ3n) is 3.66. The Morgan fingerprint density at radius 3 is 2.91 bits per heavy atom. The molecule has 0 aromatic heterocycles. The molecule has 1 fully saturated rings. The van der Waals surface area contributed by atoms with E-state index in [4.69, 9.17) is 16.9 Å². The highest BCUT2D eigenvalue weighted by atomic mass is 35.5. The topological polar surface area (TPSA) is 73.2 Å². The van der Waals surface area contributed by atoms with Crippen molar-refractivity contribution in [2.24, 2.45) is 0 Å². The monoisotopic (exact) mass is 341 g/mol. The van der Waals surface area contributed by atoms with Crippen LogP contribution < -0.4 is 9.62 Å². The minimum absolute atomic E-state index is 0.00313. The first kappa shape index (κ1) is 17.1. The number of hydrogen-bond donors (Lipinski definition) is 1. The van der Waals surface area contributed by atoms with Crippen molar-refractivity contribution in [3.05, 3.63) is 29.3 Å². The molecule has 22 heavy (non-hydrogen) atoms. The third-order valence-corrected chi connectivity index (χ3v) is 5.50. The Bertz CT molecular complexity index is 642. The molecule has 0 unspecified atom stereocenters. The van der Waals surface area contributed by atoms with E-state index in [-0.39, 0.29) is 18.2 Å². The smallest absolute Gasteiger partial charge is 0.211 e. The van der Waals surface area contributed by atoms with Gasteiger partial charge in [0.15, 0.2) is 0 Å². The molecule has 1 aromatic rings. The summed E-state index contributed by atoms with van der Waals surface area (Å²) >= 11 is 6.21. The summed E-state index contributed by atoms with van der Waals surface area (Å²) in [6.45, 7) is 1.48. The normalized spacial score (nSPS) is 18.9. The lowest BCUT2D eigenvalue weighted by Crippen LogP contribution is -2.48. The summed E-state index contributed by atoms with van der Waals surface area (Å²) in [5.41, 5.74) is 0.942. The fourth-order valence-electron chi connectivity index (χ4n) is 2.65. The van der Waals surface area contributed by atoms with Gasteiger partial charge in [-0.05, 0) is 31.4 Å². The van der Waals surface area contributed by atoms with Gasteiger partial charge in [-0.15, -0.1) is 0 Å². The minimum Gasteiger partial charge on any atom is -0.369 e. The van der Waals surface area contributed by atoms with Crippen molar-refractivity contribution in [2.75, 3.05) is 23.7 Å². The summed E-state index contributed by atoms with van der Waals surface area (Å²) in [5, 5.41) is 9.17. The zero-order valence-corrected chi connectivity index (χ0v) is 13.9. The lowest BCUT2D eigenvalue weighted by Gasteiger charge is -2.35. The molecule has 0 aliphatic carbocycles. The summed E-state index contributed by atoms with van der Waals surface area (Å²) in [6.07, 6.45) is 2.36. The molecular weight excluding hydrogens is 322 g/mol. The Hall–Kier alpha value is -1.29. The number of sulfonamides is 1. The van der Waals surface area contributed by atoms with Crippen molar-refractivity contribution in [1.82, 2.24) is 4.72 Å². The maximum atomic E-state index is 12.0. The van der Waals surface area contributed by atoms with Crippen molar-refractivity contribution in [3.63, 3.8) is 0 Å². The van der Waals surface area contributed by atoms with Gasteiger partial charge in [0.1, 0.15) is 0 Å². The van der Waals surface area contributed by atoms with Gasteiger partial charge < -0.3 is 4.90 Å². The summed E-state index contributed by atoms with van der Waals surface area (Å²) in [7, 11) is -3.33. The summed E-state index contributed by atoms with van der Waals surface area (Å²) < 4.78 is 26.8. The van der Waals surface area contributed by atoms with Crippen molar-refractivity contribution in [2.45, 2.75) is 31.7 Å². The molecule has 5 nitrogen and oxygen atoms in total. The van der Waals surface area contributed by atoms with Crippen molar-refractivity contribution in [3.8, 4) is 6.07 Å². The average Bonchev–Trinajstić information content (AvgIpc) is 2.47. The number of anilines is 1. The van der Waals surface area contributed by atoms with Crippen LogP contribution in [0.4, 0.5) is 5.69 Å². The standard InChI is InChI=1S/C15H20ClN3O2S/c16-14-7-1-2-8-15(14)19-10-5-6-13(12-19)18-22(20,21)11-4-3-9-17/h1-2,7-8,13,18H,3-6,10-12H2/t13-/m1/s1. The fourth-order valence-corrected chi connectivity index (χ4v) is 4.25. The molecule has 1 N–H and O–H groups in total. The van der Waals surface area contributed by atoms with Crippen LogP contribution in [0.3, 0.4) is 0 Å². The number of nitriles is 1. The number of piperidine rings is 1. The number of benzene rings is 1. The quantitative estimate of drug-likeness (QED) is 0.807. The van der Waals surface area contributed by atoms with E-state index in [1.54, 1.807) is 0 Å². The second kappa shape index (κ2) is 7.82. The van der Waals surface area contributed by atoms with Crippen LogP contribution in [0.5, 0.6) is 0 Å². The van der Waals surface area contributed by atoms with Crippen molar-refractivity contribution >= 4 is 27.3 Å². The van der Waals surface area contributed by atoms with Crippen LogP contribution in [0, 0.1) is 11.3 Å². The Morgan fingerprint density at radius 2 is 2.18 bits per heavy atom. The van der Waals surface area contributed by atoms with E-state index < -0.39 is 10.0 Å². The SMILES string of the molecule is N#CCCCS(=O)(=O)N[C@@H]1CCCN(c2ccccc2Cl)C1. The van der Waals surface area contributed by atoms with E-state index in [1.807, 2.05) is 30.3 Å². The molecule has 1 aliphatic rings.